The molecule has 2 N–H and O–H groups in total. The maximum Gasteiger partial charge on any atom is 0.257 e. The summed E-state index contributed by atoms with van der Waals surface area (Å²) in [6.45, 7) is 8.61. The first-order chi connectivity index (χ1) is 19.5. The van der Waals surface area contributed by atoms with Crippen LogP contribution in [0.5, 0.6) is 0 Å². The smallest absolute Gasteiger partial charge is 0.257 e. The second-order valence-corrected chi connectivity index (χ2v) is 10.0. The summed E-state index contributed by atoms with van der Waals surface area (Å²) in [5, 5.41) is 8.76. The van der Waals surface area contributed by atoms with Crippen LogP contribution in [-0.2, 0) is 4.74 Å². The van der Waals surface area contributed by atoms with Gasteiger partial charge in [-0.25, -0.2) is 4.98 Å². The molecule has 0 saturated carbocycles. The van der Waals surface area contributed by atoms with Crippen LogP contribution in [0.15, 0.2) is 103 Å². The summed E-state index contributed by atoms with van der Waals surface area (Å²) < 4.78 is 6.83. The Morgan fingerprint density at radius 1 is 1.18 bits per heavy atom. The summed E-state index contributed by atoms with van der Waals surface area (Å²) in [5.41, 5.74) is 2.99. The highest BCUT2D eigenvalue weighted by Gasteiger charge is 2.25. The zero-order valence-corrected chi connectivity index (χ0v) is 23.1. The molecule has 0 fully saturated rings. The Kier molecular flexibility index (Phi) is 8.02. The van der Waals surface area contributed by atoms with Gasteiger partial charge in [0.25, 0.3) is 11.8 Å². The standard InChI is InChI=1S/C31H29N5O3S/c1-4-8-26-27(5-2)39-16-15-36(26)29-25(35-31(38)24-19-40-28-10-7-6-9-23(24)28)17-22(18-33-29)30(37)34-20(3)21-11-13-32-14-12-21/h4-14,17-20H,2,15-16H2,1,3H3,(H,34,37)(H,35,38)/b8-4-. The van der Waals surface area contributed by atoms with Crippen LogP contribution < -0.4 is 15.5 Å². The van der Waals surface area contributed by atoms with Crippen molar-refractivity contribution in [1.29, 1.82) is 0 Å². The van der Waals surface area contributed by atoms with Crippen molar-refractivity contribution in [2.24, 2.45) is 0 Å². The van der Waals surface area contributed by atoms with Crippen molar-refractivity contribution < 1.29 is 14.3 Å². The number of carbonyl (C=O) groups is 2. The molecule has 4 aromatic rings. The Labute approximate surface area is 236 Å². The minimum Gasteiger partial charge on any atom is -0.490 e. The highest BCUT2D eigenvalue weighted by atomic mass is 32.1. The van der Waals surface area contributed by atoms with Gasteiger partial charge in [-0.15, -0.1) is 11.3 Å². The van der Waals surface area contributed by atoms with Crippen LogP contribution in [0.1, 0.15) is 46.2 Å². The largest absolute Gasteiger partial charge is 0.490 e. The Morgan fingerprint density at radius 2 is 1.98 bits per heavy atom. The van der Waals surface area contributed by atoms with Crippen LogP contribution >= 0.6 is 11.3 Å². The average molecular weight is 552 g/mol. The SMILES string of the molecule is C=CC1=C(/C=C\C)N(c2ncc(C(=O)NC(C)c3ccncc3)cc2NC(=O)c2csc3ccccc23)CCO1. The number of pyridine rings is 2. The van der Waals surface area contributed by atoms with Crippen LogP contribution in [0.3, 0.4) is 0 Å². The average Bonchev–Trinajstić information content (AvgIpc) is 3.42. The lowest BCUT2D eigenvalue weighted by Crippen LogP contribution is -2.33. The summed E-state index contributed by atoms with van der Waals surface area (Å²) >= 11 is 1.51. The summed E-state index contributed by atoms with van der Waals surface area (Å²) in [6, 6.07) is 12.9. The molecule has 1 aliphatic heterocycles. The molecule has 0 aliphatic carbocycles. The van der Waals surface area contributed by atoms with Crippen LogP contribution in [0.4, 0.5) is 11.5 Å². The lowest BCUT2D eigenvalue weighted by atomic mass is 10.1. The van der Waals surface area contributed by atoms with E-state index in [1.165, 1.54) is 17.5 Å². The molecule has 1 atom stereocenters. The summed E-state index contributed by atoms with van der Waals surface area (Å²) in [5.74, 6) is 0.525. The number of nitrogens with one attached hydrogen (secondary N) is 2. The second kappa shape index (κ2) is 12.0. The molecule has 4 heterocycles. The molecule has 40 heavy (non-hydrogen) atoms. The number of hydrogen-bond donors (Lipinski definition) is 2. The van der Waals surface area contributed by atoms with Gasteiger partial charge in [0.2, 0.25) is 0 Å². The Balaban J connectivity index is 1.53. The van der Waals surface area contributed by atoms with Gasteiger partial charge in [0.1, 0.15) is 12.4 Å². The number of hydrogen-bond acceptors (Lipinski definition) is 7. The first-order valence-electron chi connectivity index (χ1n) is 12.9. The van der Waals surface area contributed by atoms with E-state index in [1.807, 2.05) is 72.7 Å². The van der Waals surface area contributed by atoms with E-state index >= 15 is 0 Å². The number of ether oxygens (including phenoxy) is 1. The highest BCUT2D eigenvalue weighted by Crippen LogP contribution is 2.33. The van der Waals surface area contributed by atoms with Crippen molar-refractivity contribution in [2.45, 2.75) is 19.9 Å². The number of allylic oxidation sites excluding steroid dienone is 3. The number of aromatic nitrogens is 2. The Hall–Kier alpha value is -4.76. The topological polar surface area (TPSA) is 96.5 Å². The van der Waals surface area contributed by atoms with Crippen LogP contribution in [0.2, 0.25) is 0 Å². The summed E-state index contributed by atoms with van der Waals surface area (Å²) in [6.07, 6.45) is 10.4. The monoisotopic (exact) mass is 551 g/mol. The molecule has 9 heteroatoms. The molecule has 0 bridgehead atoms. The molecule has 0 radical (unpaired) electrons. The molecule has 1 unspecified atom stereocenters. The van der Waals surface area contributed by atoms with Gasteiger partial charge in [-0.3, -0.25) is 14.6 Å². The van der Waals surface area contributed by atoms with Crippen molar-refractivity contribution in [3.8, 4) is 0 Å². The van der Waals surface area contributed by atoms with E-state index in [2.05, 4.69) is 27.2 Å². The molecule has 0 spiro atoms. The molecule has 1 aromatic carbocycles. The molecule has 1 aliphatic rings. The van der Waals surface area contributed by atoms with E-state index in [9.17, 15) is 9.59 Å². The van der Waals surface area contributed by atoms with Crippen LogP contribution in [-0.4, -0.2) is 34.9 Å². The molecular weight excluding hydrogens is 522 g/mol. The van der Waals surface area contributed by atoms with Crippen LogP contribution in [0.25, 0.3) is 10.1 Å². The van der Waals surface area contributed by atoms with E-state index in [0.717, 1.165) is 21.3 Å². The molecule has 8 nitrogen and oxygen atoms in total. The first kappa shape index (κ1) is 26.8. The van der Waals surface area contributed by atoms with Gasteiger partial charge in [0.15, 0.2) is 5.82 Å². The third-order valence-electron chi connectivity index (χ3n) is 6.54. The fourth-order valence-corrected chi connectivity index (χ4v) is 5.48. The van der Waals surface area contributed by atoms with Crippen molar-refractivity contribution >= 4 is 44.7 Å². The third-order valence-corrected chi connectivity index (χ3v) is 7.50. The molecule has 202 valence electrons. The van der Waals surface area contributed by atoms with E-state index in [-0.39, 0.29) is 17.9 Å². The predicted molar refractivity (Wildman–Crippen MR) is 159 cm³/mol. The van der Waals surface area contributed by atoms with Crippen molar-refractivity contribution in [2.75, 3.05) is 23.4 Å². The van der Waals surface area contributed by atoms with E-state index in [1.54, 1.807) is 24.5 Å². The van der Waals surface area contributed by atoms with Gasteiger partial charge < -0.3 is 20.3 Å². The number of nitrogens with zero attached hydrogens (tertiary/aromatic N) is 3. The molecule has 5 rings (SSSR count). The van der Waals surface area contributed by atoms with Crippen LogP contribution in [0, 0.1) is 0 Å². The van der Waals surface area contributed by atoms with Gasteiger partial charge in [0.05, 0.1) is 35.1 Å². The zero-order valence-electron chi connectivity index (χ0n) is 22.3. The lowest BCUT2D eigenvalue weighted by Gasteiger charge is -2.32. The number of thiophene rings is 1. The zero-order chi connectivity index (χ0) is 28.1. The van der Waals surface area contributed by atoms with E-state index in [4.69, 9.17) is 4.74 Å². The maximum absolute atomic E-state index is 13.6. The Bertz CT molecular complexity index is 1630. The second-order valence-electron chi connectivity index (χ2n) is 9.12. The normalized spacial score (nSPS) is 14.2. The van der Waals surface area contributed by atoms with Gasteiger partial charge >= 0.3 is 0 Å². The number of benzene rings is 1. The van der Waals surface area contributed by atoms with Crippen molar-refractivity contribution in [3.05, 3.63) is 119 Å². The quantitative estimate of drug-likeness (QED) is 0.269. The van der Waals surface area contributed by atoms with E-state index < -0.39 is 0 Å². The van der Waals surface area contributed by atoms with Gasteiger partial charge in [-0.2, -0.15) is 0 Å². The van der Waals surface area contributed by atoms with E-state index in [0.29, 0.717) is 41.5 Å². The minimum absolute atomic E-state index is 0.246. The predicted octanol–water partition coefficient (Wildman–Crippen LogP) is 6.24. The molecular formula is C31H29N5O3S. The summed E-state index contributed by atoms with van der Waals surface area (Å²) in [7, 11) is 0. The molecule has 2 amide bonds. The number of rotatable bonds is 8. The van der Waals surface area contributed by atoms with Gasteiger partial charge in [-0.1, -0.05) is 30.9 Å². The number of carbonyl (C=O) groups excluding carboxylic acids is 2. The minimum atomic E-state index is -0.308. The van der Waals surface area contributed by atoms with Gasteiger partial charge in [0, 0.05) is 34.1 Å². The number of fused-ring (bicyclic) bond motifs is 1. The number of amides is 2. The molecule has 3 aromatic heterocycles. The summed E-state index contributed by atoms with van der Waals surface area (Å²) in [4.78, 5) is 37.5. The molecule has 0 saturated heterocycles. The Morgan fingerprint density at radius 3 is 2.75 bits per heavy atom. The van der Waals surface area contributed by atoms with Crippen molar-refractivity contribution in [3.63, 3.8) is 0 Å². The van der Waals surface area contributed by atoms with Gasteiger partial charge in [-0.05, 0) is 55.8 Å². The van der Waals surface area contributed by atoms with Crippen molar-refractivity contribution in [1.82, 2.24) is 15.3 Å². The number of anilines is 2. The first-order valence-corrected chi connectivity index (χ1v) is 13.8. The third kappa shape index (κ3) is 5.50. The maximum atomic E-state index is 13.6. The fourth-order valence-electron chi connectivity index (χ4n) is 4.54. The fraction of sp³-hybridized carbons (Fsp3) is 0.161. The lowest BCUT2D eigenvalue weighted by molar-refractivity contribution is 0.0938. The highest BCUT2D eigenvalue weighted by molar-refractivity contribution is 7.17.